The van der Waals surface area contributed by atoms with E-state index in [9.17, 15) is 4.79 Å². The summed E-state index contributed by atoms with van der Waals surface area (Å²) in [7, 11) is 0. The third-order valence-corrected chi connectivity index (χ3v) is 5.02. The zero-order chi connectivity index (χ0) is 17.8. The minimum absolute atomic E-state index is 0.266. The highest BCUT2D eigenvalue weighted by atomic mass is 32.2. The molecular weight excluding hydrogens is 356 g/mol. The molecule has 0 unspecified atom stereocenters. The minimum Gasteiger partial charge on any atom is -0.321 e. The number of rotatable bonds is 6. The van der Waals surface area contributed by atoms with Crippen molar-refractivity contribution in [3.8, 4) is 0 Å². The van der Waals surface area contributed by atoms with Gasteiger partial charge in [-0.25, -0.2) is 4.68 Å². The van der Waals surface area contributed by atoms with Crippen molar-refractivity contribution in [2.45, 2.75) is 26.1 Å². The molecule has 0 aliphatic rings. The molecule has 3 aromatic rings. The predicted molar refractivity (Wildman–Crippen MR) is 100 cm³/mol. The topological polar surface area (TPSA) is 85.6 Å². The van der Waals surface area contributed by atoms with Crippen molar-refractivity contribution >= 4 is 35.1 Å². The van der Waals surface area contributed by atoms with Gasteiger partial charge in [-0.2, -0.15) is 20.5 Å². The van der Waals surface area contributed by atoms with Gasteiger partial charge < -0.3 is 5.32 Å². The quantitative estimate of drug-likeness (QED) is 0.714. The Morgan fingerprint density at radius 3 is 2.88 bits per heavy atom. The standard InChI is InChI=1S/C16H18N6OS2/c1-10-14(20-25-19-10)8-22-11(2)15(18-21-22)16(23)17-13-6-4-5-12(7-13)9-24-3/h4-7H,8-9H2,1-3H3,(H,17,23). The first kappa shape index (κ1) is 17.6. The Hall–Kier alpha value is -2.26. The summed E-state index contributed by atoms with van der Waals surface area (Å²) in [5.41, 5.74) is 4.65. The maximum Gasteiger partial charge on any atom is 0.278 e. The number of hydrogen-bond donors (Lipinski definition) is 1. The Kier molecular flexibility index (Phi) is 5.44. The zero-order valence-electron chi connectivity index (χ0n) is 14.2. The van der Waals surface area contributed by atoms with E-state index in [1.54, 1.807) is 16.4 Å². The van der Waals surface area contributed by atoms with Gasteiger partial charge in [0, 0.05) is 11.4 Å². The number of carbonyl (C=O) groups excluding carboxylic acids is 1. The maximum absolute atomic E-state index is 12.5. The third kappa shape index (κ3) is 4.05. The van der Waals surface area contributed by atoms with E-state index >= 15 is 0 Å². The highest BCUT2D eigenvalue weighted by molar-refractivity contribution is 7.97. The van der Waals surface area contributed by atoms with Gasteiger partial charge in [-0.05, 0) is 37.8 Å². The summed E-state index contributed by atoms with van der Waals surface area (Å²) in [6.45, 7) is 4.19. The second kappa shape index (κ2) is 7.75. The lowest BCUT2D eigenvalue weighted by Crippen LogP contribution is -2.14. The van der Waals surface area contributed by atoms with E-state index in [2.05, 4.69) is 24.4 Å². The summed E-state index contributed by atoms with van der Waals surface area (Å²) < 4.78 is 10.1. The van der Waals surface area contributed by atoms with E-state index in [1.807, 2.05) is 44.4 Å². The van der Waals surface area contributed by atoms with Crippen LogP contribution in [0.4, 0.5) is 5.69 Å². The van der Waals surface area contributed by atoms with Gasteiger partial charge in [0.25, 0.3) is 5.91 Å². The fraction of sp³-hybridized carbons (Fsp3) is 0.312. The molecule has 130 valence electrons. The zero-order valence-corrected chi connectivity index (χ0v) is 15.8. The van der Waals surface area contributed by atoms with Crippen LogP contribution in [-0.2, 0) is 12.3 Å². The third-order valence-electron chi connectivity index (χ3n) is 3.74. The molecule has 3 rings (SSSR count). The van der Waals surface area contributed by atoms with Crippen molar-refractivity contribution in [3.05, 3.63) is 52.6 Å². The number of benzene rings is 1. The molecule has 0 saturated heterocycles. The van der Waals surface area contributed by atoms with E-state index in [-0.39, 0.29) is 5.91 Å². The van der Waals surface area contributed by atoms with Crippen LogP contribution < -0.4 is 5.32 Å². The fourth-order valence-corrected chi connectivity index (χ4v) is 3.42. The second-order valence-corrected chi connectivity index (χ2v) is 6.96. The summed E-state index contributed by atoms with van der Waals surface area (Å²) in [6.07, 6.45) is 2.05. The number of amides is 1. The first-order valence-electron chi connectivity index (χ1n) is 7.66. The molecule has 0 bridgehead atoms. The second-order valence-electron chi connectivity index (χ2n) is 5.56. The van der Waals surface area contributed by atoms with Crippen molar-refractivity contribution in [1.29, 1.82) is 0 Å². The van der Waals surface area contributed by atoms with Gasteiger partial charge in [0.2, 0.25) is 0 Å². The lowest BCUT2D eigenvalue weighted by Gasteiger charge is -2.06. The van der Waals surface area contributed by atoms with Crippen molar-refractivity contribution < 1.29 is 4.79 Å². The molecule has 9 heteroatoms. The van der Waals surface area contributed by atoms with Crippen molar-refractivity contribution in [2.24, 2.45) is 0 Å². The number of nitrogens with one attached hydrogen (secondary N) is 1. The average molecular weight is 374 g/mol. The van der Waals surface area contributed by atoms with Crippen LogP contribution in [0.5, 0.6) is 0 Å². The summed E-state index contributed by atoms with van der Waals surface area (Å²) >= 11 is 2.91. The fourth-order valence-electron chi connectivity index (χ4n) is 2.35. The lowest BCUT2D eigenvalue weighted by molar-refractivity contribution is 0.102. The van der Waals surface area contributed by atoms with Gasteiger partial charge in [-0.1, -0.05) is 17.3 Å². The first-order valence-corrected chi connectivity index (χ1v) is 9.78. The Morgan fingerprint density at radius 1 is 1.32 bits per heavy atom. The molecule has 0 radical (unpaired) electrons. The van der Waals surface area contributed by atoms with Crippen LogP contribution in [0.3, 0.4) is 0 Å². The van der Waals surface area contributed by atoms with Crippen LogP contribution >= 0.6 is 23.5 Å². The number of nitrogens with zero attached hydrogens (tertiary/aromatic N) is 5. The lowest BCUT2D eigenvalue weighted by atomic mass is 10.2. The summed E-state index contributed by atoms with van der Waals surface area (Å²) in [4.78, 5) is 12.5. The maximum atomic E-state index is 12.5. The number of hydrogen-bond acceptors (Lipinski definition) is 7. The van der Waals surface area contributed by atoms with E-state index in [0.717, 1.165) is 28.4 Å². The van der Waals surface area contributed by atoms with Crippen LogP contribution in [0.15, 0.2) is 24.3 Å². The van der Waals surface area contributed by atoms with Crippen LogP contribution in [0.1, 0.15) is 33.1 Å². The monoisotopic (exact) mass is 374 g/mol. The highest BCUT2D eigenvalue weighted by Gasteiger charge is 2.18. The normalized spacial score (nSPS) is 10.8. The molecule has 1 amide bonds. The molecule has 0 aliphatic carbocycles. The molecule has 25 heavy (non-hydrogen) atoms. The van der Waals surface area contributed by atoms with Crippen LogP contribution in [0.25, 0.3) is 0 Å². The molecule has 1 aromatic carbocycles. The van der Waals surface area contributed by atoms with Gasteiger partial charge in [-0.15, -0.1) is 5.10 Å². The smallest absolute Gasteiger partial charge is 0.278 e. The number of aromatic nitrogens is 5. The van der Waals surface area contributed by atoms with Gasteiger partial charge in [-0.3, -0.25) is 4.79 Å². The number of carbonyl (C=O) groups is 1. The average Bonchev–Trinajstić information content (AvgIpc) is 3.15. The van der Waals surface area contributed by atoms with E-state index in [4.69, 9.17) is 0 Å². The first-order chi connectivity index (χ1) is 12.1. The molecule has 0 saturated carbocycles. The Balaban J connectivity index is 1.75. The molecule has 0 atom stereocenters. The van der Waals surface area contributed by atoms with Gasteiger partial charge in [0.1, 0.15) is 0 Å². The van der Waals surface area contributed by atoms with Crippen LogP contribution in [0.2, 0.25) is 0 Å². The molecule has 1 N–H and O–H groups in total. The van der Waals surface area contributed by atoms with Crippen molar-refractivity contribution in [3.63, 3.8) is 0 Å². The Labute approximate surface area is 154 Å². The van der Waals surface area contributed by atoms with Gasteiger partial charge in [0.05, 0.1) is 35.4 Å². The van der Waals surface area contributed by atoms with Crippen molar-refractivity contribution in [2.75, 3.05) is 11.6 Å². The predicted octanol–water partition coefficient (Wildman–Crippen LogP) is 2.91. The molecular formula is C16H18N6OS2. The largest absolute Gasteiger partial charge is 0.321 e. The van der Waals surface area contributed by atoms with Crippen molar-refractivity contribution in [1.82, 2.24) is 23.7 Å². The Morgan fingerprint density at radius 2 is 2.16 bits per heavy atom. The minimum atomic E-state index is -0.266. The van der Waals surface area contributed by atoms with Gasteiger partial charge >= 0.3 is 0 Å². The van der Waals surface area contributed by atoms with Crippen LogP contribution in [-0.4, -0.2) is 35.9 Å². The van der Waals surface area contributed by atoms with Crippen LogP contribution in [0, 0.1) is 13.8 Å². The molecule has 0 fully saturated rings. The number of aryl methyl sites for hydroxylation is 1. The Bertz CT molecular complexity index is 888. The molecule has 2 heterocycles. The van der Waals surface area contributed by atoms with E-state index in [0.29, 0.717) is 17.9 Å². The van der Waals surface area contributed by atoms with E-state index in [1.165, 1.54) is 11.7 Å². The highest BCUT2D eigenvalue weighted by Crippen LogP contribution is 2.16. The summed E-state index contributed by atoms with van der Waals surface area (Å²) in [6, 6.07) is 7.81. The van der Waals surface area contributed by atoms with E-state index < -0.39 is 0 Å². The number of thioether (sulfide) groups is 1. The summed E-state index contributed by atoms with van der Waals surface area (Å²) in [5.74, 6) is 0.637. The molecule has 2 aromatic heterocycles. The van der Waals surface area contributed by atoms with Gasteiger partial charge in [0.15, 0.2) is 5.69 Å². The molecule has 0 aliphatic heterocycles. The molecule has 0 spiro atoms. The summed E-state index contributed by atoms with van der Waals surface area (Å²) in [5, 5.41) is 11.0. The number of anilines is 1. The SMILES string of the molecule is CSCc1cccc(NC(=O)c2nnn(Cc3nsnc3C)c2C)c1. The molecule has 7 nitrogen and oxygen atoms in total.